The molecule has 0 unspecified atom stereocenters. The Hall–Kier alpha value is -0.393. The van der Waals surface area contributed by atoms with Crippen LogP contribution < -0.4 is 5.73 Å². The highest BCUT2D eigenvalue weighted by Gasteiger charge is 2.43. The second kappa shape index (κ2) is 4.70. The van der Waals surface area contributed by atoms with Gasteiger partial charge in [0.2, 0.25) is 0 Å². The van der Waals surface area contributed by atoms with Crippen LogP contribution >= 0.6 is 0 Å². The maximum absolute atomic E-state index is 7.61. The molecule has 1 heterocycles. The summed E-state index contributed by atoms with van der Waals surface area (Å²) >= 11 is 0. The summed E-state index contributed by atoms with van der Waals surface area (Å²) in [6, 6.07) is 0. The van der Waals surface area contributed by atoms with E-state index in [1.807, 2.05) is 0 Å². The van der Waals surface area contributed by atoms with Crippen molar-refractivity contribution in [3.63, 3.8) is 0 Å². The van der Waals surface area contributed by atoms with Gasteiger partial charge >= 0.3 is 0 Å². The molecule has 100 valence electrons. The summed E-state index contributed by atoms with van der Waals surface area (Å²) in [4.78, 5) is 0. The highest BCUT2D eigenvalue weighted by molar-refractivity contribution is 6.74. The first-order chi connectivity index (χ1) is 7.61. The van der Waals surface area contributed by atoms with Crippen molar-refractivity contribution in [1.82, 2.24) is 0 Å². The molecule has 4 nitrogen and oxygen atoms in total. The van der Waals surface area contributed by atoms with E-state index in [0.717, 1.165) is 6.42 Å². The van der Waals surface area contributed by atoms with E-state index in [1.54, 1.807) is 0 Å². The Morgan fingerprint density at radius 3 is 2.24 bits per heavy atom. The van der Waals surface area contributed by atoms with Crippen molar-refractivity contribution in [2.24, 2.45) is 11.1 Å². The molecule has 0 aromatic rings. The van der Waals surface area contributed by atoms with Gasteiger partial charge in [-0.2, -0.15) is 0 Å². The third-order valence-electron chi connectivity index (χ3n) is 4.18. The van der Waals surface area contributed by atoms with E-state index < -0.39 is 8.32 Å². The van der Waals surface area contributed by atoms with Crippen LogP contribution in [-0.4, -0.2) is 34.0 Å². The third-order valence-corrected chi connectivity index (χ3v) is 8.72. The first kappa shape index (κ1) is 14.7. The average Bonchev–Trinajstić information content (AvgIpc) is 2.06. The van der Waals surface area contributed by atoms with E-state index in [0.29, 0.717) is 19.8 Å². The lowest BCUT2D eigenvalue weighted by Crippen LogP contribution is -2.53. The van der Waals surface area contributed by atoms with Gasteiger partial charge in [-0.1, -0.05) is 20.8 Å². The smallest absolute Gasteiger partial charge is 0.191 e. The van der Waals surface area contributed by atoms with Crippen LogP contribution in [-0.2, 0) is 9.16 Å². The SMILES string of the molecule is CC(C)(C)[Si](C)(C)OCCC1(C(=N)N)COC1. The zero-order chi connectivity index (χ0) is 13.3. The minimum atomic E-state index is -1.68. The molecule has 0 atom stereocenters. The van der Waals surface area contributed by atoms with Gasteiger partial charge in [-0.05, 0) is 24.6 Å². The molecule has 0 aromatic heterocycles. The van der Waals surface area contributed by atoms with Gasteiger partial charge in [0.25, 0.3) is 0 Å². The van der Waals surface area contributed by atoms with Gasteiger partial charge in [-0.15, -0.1) is 0 Å². The lowest BCUT2D eigenvalue weighted by molar-refractivity contribution is -0.0793. The van der Waals surface area contributed by atoms with Crippen LogP contribution in [0.4, 0.5) is 0 Å². The number of rotatable bonds is 5. The number of ether oxygens (including phenoxy) is 1. The Kier molecular flexibility index (Phi) is 4.06. The second-order valence-corrected chi connectivity index (χ2v) is 11.4. The average molecular weight is 258 g/mol. The van der Waals surface area contributed by atoms with E-state index in [2.05, 4.69) is 33.9 Å². The standard InChI is InChI=1S/C12H26N2O2Si/c1-11(2,3)17(4,5)16-7-6-12(10(13)14)8-15-9-12/h6-9H2,1-5H3,(H3,13,14). The normalized spacial score (nSPS) is 19.8. The molecule has 0 bridgehead atoms. The summed E-state index contributed by atoms with van der Waals surface area (Å²) in [6.07, 6.45) is 0.800. The molecule has 1 saturated heterocycles. The van der Waals surface area contributed by atoms with Gasteiger partial charge in [0, 0.05) is 6.61 Å². The maximum Gasteiger partial charge on any atom is 0.191 e. The molecule has 17 heavy (non-hydrogen) atoms. The first-order valence-corrected chi connectivity index (χ1v) is 9.08. The van der Waals surface area contributed by atoms with Crippen LogP contribution in [0.15, 0.2) is 0 Å². The summed E-state index contributed by atoms with van der Waals surface area (Å²) in [5.74, 6) is 0.239. The van der Waals surface area contributed by atoms with Crippen molar-refractivity contribution in [1.29, 1.82) is 5.41 Å². The molecule has 1 aliphatic heterocycles. The fourth-order valence-electron chi connectivity index (χ4n) is 1.50. The summed E-state index contributed by atoms with van der Waals surface area (Å²) < 4.78 is 11.3. The van der Waals surface area contributed by atoms with Crippen LogP contribution in [0.1, 0.15) is 27.2 Å². The van der Waals surface area contributed by atoms with E-state index in [-0.39, 0.29) is 16.3 Å². The monoisotopic (exact) mass is 258 g/mol. The van der Waals surface area contributed by atoms with Crippen LogP contribution in [0.5, 0.6) is 0 Å². The van der Waals surface area contributed by atoms with Crippen LogP contribution in [0.2, 0.25) is 18.1 Å². The molecule has 0 aliphatic carbocycles. The quantitative estimate of drug-likeness (QED) is 0.452. The van der Waals surface area contributed by atoms with Gasteiger partial charge in [0.05, 0.1) is 18.6 Å². The lowest BCUT2D eigenvalue weighted by Gasteiger charge is -2.42. The number of nitrogens with one attached hydrogen (secondary N) is 1. The number of nitrogens with two attached hydrogens (primary N) is 1. The number of hydrogen-bond donors (Lipinski definition) is 2. The van der Waals surface area contributed by atoms with Crippen LogP contribution in [0.25, 0.3) is 0 Å². The summed E-state index contributed by atoms with van der Waals surface area (Å²) in [7, 11) is -1.68. The van der Waals surface area contributed by atoms with Gasteiger partial charge in [-0.25, -0.2) is 0 Å². The van der Waals surface area contributed by atoms with Crippen molar-refractivity contribution in [2.45, 2.75) is 45.3 Å². The molecule has 1 rings (SSSR count). The Morgan fingerprint density at radius 1 is 1.41 bits per heavy atom. The van der Waals surface area contributed by atoms with Gasteiger partial charge in [-0.3, -0.25) is 5.41 Å². The van der Waals surface area contributed by atoms with Crippen molar-refractivity contribution in [3.05, 3.63) is 0 Å². The molecule has 0 radical (unpaired) electrons. The Bertz CT molecular complexity index is 293. The fraction of sp³-hybridized carbons (Fsp3) is 0.917. The predicted molar refractivity (Wildman–Crippen MR) is 72.9 cm³/mol. The third kappa shape index (κ3) is 3.08. The van der Waals surface area contributed by atoms with Crippen molar-refractivity contribution in [2.75, 3.05) is 19.8 Å². The van der Waals surface area contributed by atoms with E-state index in [9.17, 15) is 0 Å². The number of hydrogen-bond acceptors (Lipinski definition) is 3. The zero-order valence-corrected chi connectivity index (χ0v) is 12.7. The largest absolute Gasteiger partial charge is 0.417 e. The lowest BCUT2D eigenvalue weighted by atomic mass is 9.82. The molecule has 1 aliphatic rings. The van der Waals surface area contributed by atoms with Crippen molar-refractivity contribution >= 4 is 14.2 Å². The van der Waals surface area contributed by atoms with Crippen molar-refractivity contribution in [3.8, 4) is 0 Å². The molecule has 5 heteroatoms. The summed E-state index contributed by atoms with van der Waals surface area (Å²) in [5.41, 5.74) is 5.38. The van der Waals surface area contributed by atoms with Crippen LogP contribution in [0.3, 0.4) is 0 Å². The Morgan fingerprint density at radius 2 is 1.94 bits per heavy atom. The molecule has 1 fully saturated rings. The second-order valence-electron chi connectivity index (χ2n) is 6.55. The van der Waals surface area contributed by atoms with E-state index in [1.165, 1.54) is 0 Å². The van der Waals surface area contributed by atoms with Gasteiger partial charge < -0.3 is 14.9 Å². The molecule has 3 N–H and O–H groups in total. The van der Waals surface area contributed by atoms with E-state index in [4.69, 9.17) is 20.3 Å². The molecule has 0 aromatic carbocycles. The molecule has 0 saturated carbocycles. The van der Waals surface area contributed by atoms with Gasteiger partial charge in [0.15, 0.2) is 8.32 Å². The molecular formula is C12H26N2O2Si. The molecule has 0 amide bonds. The molecule has 0 spiro atoms. The molecular weight excluding hydrogens is 232 g/mol. The Labute approximate surface area is 106 Å². The first-order valence-electron chi connectivity index (χ1n) is 6.17. The van der Waals surface area contributed by atoms with Crippen molar-refractivity contribution < 1.29 is 9.16 Å². The van der Waals surface area contributed by atoms with Crippen LogP contribution in [0, 0.1) is 10.8 Å². The fourth-order valence-corrected chi connectivity index (χ4v) is 2.55. The summed E-state index contributed by atoms with van der Waals surface area (Å²) in [6.45, 7) is 13.0. The minimum Gasteiger partial charge on any atom is -0.417 e. The maximum atomic E-state index is 7.61. The zero-order valence-electron chi connectivity index (χ0n) is 11.7. The predicted octanol–water partition coefficient (Wildman–Crippen LogP) is 2.35. The highest BCUT2D eigenvalue weighted by atomic mass is 28.4. The Balaban J connectivity index is 2.45. The summed E-state index contributed by atoms with van der Waals surface area (Å²) in [5, 5.41) is 7.84. The van der Waals surface area contributed by atoms with E-state index >= 15 is 0 Å². The topological polar surface area (TPSA) is 68.3 Å². The minimum absolute atomic E-state index is 0.229. The van der Waals surface area contributed by atoms with Gasteiger partial charge in [0.1, 0.15) is 5.84 Å². The highest BCUT2D eigenvalue weighted by Crippen LogP contribution is 2.38. The number of amidine groups is 1.